The first-order valence-corrected chi connectivity index (χ1v) is 8.57. The normalized spacial score (nSPS) is 18.2. The first-order valence-electron chi connectivity index (χ1n) is 6.76. The number of ether oxygens (including phenoxy) is 1. The van der Waals surface area contributed by atoms with Gasteiger partial charge in [-0.25, -0.2) is 4.79 Å². The minimum Gasteiger partial charge on any atom is -0.441 e. The number of cyclic esters (lactones) is 1. The van der Waals surface area contributed by atoms with E-state index < -0.39 is 22.3 Å². The largest absolute Gasteiger partial charge is 0.441 e. The van der Waals surface area contributed by atoms with Crippen molar-refractivity contribution in [2.24, 2.45) is 0 Å². The Morgan fingerprint density at radius 2 is 2.04 bits per heavy atom. The van der Waals surface area contributed by atoms with E-state index in [1.165, 1.54) is 11.2 Å². The number of carbonyl (C=O) groups is 1. The molecule has 2 aromatic rings. The maximum absolute atomic E-state index is 11.9. The molecule has 23 heavy (non-hydrogen) atoms. The number of hydrogen-bond donors (Lipinski definition) is 0. The van der Waals surface area contributed by atoms with Gasteiger partial charge in [-0.1, -0.05) is 17.3 Å². The molecule has 0 saturated carbocycles. The number of benzene rings is 1. The van der Waals surface area contributed by atoms with Crippen molar-refractivity contribution >= 4 is 21.9 Å². The first-order chi connectivity index (χ1) is 10.9. The number of amides is 1. The Kier molecular flexibility index (Phi) is 4.05. The molecule has 0 aliphatic carbocycles. The van der Waals surface area contributed by atoms with Crippen LogP contribution in [0.2, 0.25) is 0 Å². The summed E-state index contributed by atoms with van der Waals surface area (Å²) in [5, 5.41) is 3.83. The van der Waals surface area contributed by atoms with Gasteiger partial charge in [0.2, 0.25) is 0 Å². The molecule has 1 aliphatic heterocycles. The molecule has 0 N–H and O–H groups in total. The summed E-state index contributed by atoms with van der Waals surface area (Å²) in [4.78, 5) is 13.3. The summed E-state index contributed by atoms with van der Waals surface area (Å²) in [6.07, 6.45) is 1.26. The van der Waals surface area contributed by atoms with E-state index in [1.807, 2.05) is 0 Å². The number of carbonyl (C=O) groups excluding carboxylic acids is 1. The fraction of sp³-hybridized carbons (Fsp3) is 0.286. The Morgan fingerprint density at radius 1 is 1.30 bits per heavy atom. The summed E-state index contributed by atoms with van der Waals surface area (Å²) in [6.45, 7) is 0.0236. The van der Waals surface area contributed by atoms with Gasteiger partial charge in [-0.3, -0.25) is 9.08 Å². The molecule has 1 atom stereocenters. The molecule has 1 saturated heterocycles. The predicted octanol–water partition coefficient (Wildman–Crippen LogP) is 1.64. The zero-order chi connectivity index (χ0) is 16.4. The van der Waals surface area contributed by atoms with Crippen LogP contribution in [-0.4, -0.2) is 45.2 Å². The molecule has 9 heteroatoms. The van der Waals surface area contributed by atoms with Crippen molar-refractivity contribution in [3.05, 3.63) is 36.6 Å². The van der Waals surface area contributed by atoms with Crippen LogP contribution in [0.3, 0.4) is 0 Å². The fourth-order valence-corrected chi connectivity index (χ4v) is 2.59. The standard InChI is InChI=1S/C14H14N2O6S/c1-23(18,19)21-9-12-8-16(14(17)22-12)11-4-2-10(3-5-11)13-6-7-20-15-13/h2-7,12H,8-9H2,1H3/t12-/m1/s1. The van der Waals surface area contributed by atoms with Gasteiger partial charge in [-0.05, 0) is 12.1 Å². The average molecular weight is 338 g/mol. The van der Waals surface area contributed by atoms with Crippen LogP contribution in [0.15, 0.2) is 41.1 Å². The molecule has 1 aliphatic rings. The minimum atomic E-state index is -3.57. The second kappa shape index (κ2) is 6.01. The second-order valence-corrected chi connectivity index (χ2v) is 6.68. The lowest BCUT2D eigenvalue weighted by atomic mass is 10.1. The summed E-state index contributed by atoms with van der Waals surface area (Å²) in [6, 6.07) is 8.86. The maximum atomic E-state index is 11.9. The number of hydrogen-bond acceptors (Lipinski definition) is 7. The summed E-state index contributed by atoms with van der Waals surface area (Å²) >= 11 is 0. The lowest BCUT2D eigenvalue weighted by Gasteiger charge is -2.13. The molecule has 0 radical (unpaired) electrons. The van der Waals surface area contributed by atoms with E-state index in [-0.39, 0.29) is 13.2 Å². The zero-order valence-electron chi connectivity index (χ0n) is 12.2. The topological polar surface area (TPSA) is 98.9 Å². The van der Waals surface area contributed by atoms with E-state index in [1.54, 1.807) is 30.3 Å². The molecular formula is C14H14N2O6S. The molecule has 1 aromatic carbocycles. The Labute approximate surface area is 132 Å². The van der Waals surface area contributed by atoms with Crippen molar-refractivity contribution in [1.82, 2.24) is 5.16 Å². The van der Waals surface area contributed by atoms with Crippen LogP contribution in [0.1, 0.15) is 0 Å². The third-order valence-corrected chi connectivity index (χ3v) is 3.82. The third-order valence-electron chi connectivity index (χ3n) is 3.25. The van der Waals surface area contributed by atoms with Crippen LogP contribution in [0, 0.1) is 0 Å². The molecule has 1 aromatic heterocycles. The van der Waals surface area contributed by atoms with E-state index in [0.717, 1.165) is 11.8 Å². The van der Waals surface area contributed by atoms with Crippen LogP contribution in [0.5, 0.6) is 0 Å². The van der Waals surface area contributed by atoms with Crippen molar-refractivity contribution < 1.29 is 26.7 Å². The van der Waals surface area contributed by atoms with Crippen LogP contribution in [0.4, 0.5) is 10.5 Å². The lowest BCUT2D eigenvalue weighted by molar-refractivity contribution is 0.107. The predicted molar refractivity (Wildman–Crippen MR) is 80.3 cm³/mol. The Hall–Kier alpha value is -2.39. The second-order valence-electron chi connectivity index (χ2n) is 5.04. The molecule has 2 heterocycles. The highest BCUT2D eigenvalue weighted by Crippen LogP contribution is 2.25. The van der Waals surface area contributed by atoms with Gasteiger partial charge in [0.05, 0.1) is 12.8 Å². The van der Waals surface area contributed by atoms with Crippen molar-refractivity contribution in [3.8, 4) is 11.3 Å². The van der Waals surface area contributed by atoms with Gasteiger partial charge < -0.3 is 9.26 Å². The highest BCUT2D eigenvalue weighted by atomic mass is 32.2. The summed E-state index contributed by atoms with van der Waals surface area (Å²) in [5.41, 5.74) is 2.19. The Balaban J connectivity index is 1.68. The smallest absolute Gasteiger partial charge is 0.414 e. The maximum Gasteiger partial charge on any atom is 0.414 e. The molecule has 8 nitrogen and oxygen atoms in total. The quantitative estimate of drug-likeness (QED) is 0.764. The Bertz CT molecular complexity index is 785. The van der Waals surface area contributed by atoms with E-state index in [2.05, 4.69) is 9.34 Å². The molecular weight excluding hydrogens is 324 g/mol. The van der Waals surface area contributed by atoms with E-state index in [0.29, 0.717) is 11.4 Å². The average Bonchev–Trinajstić information content (AvgIpc) is 3.14. The molecule has 0 spiro atoms. The molecule has 0 bridgehead atoms. The third kappa shape index (κ3) is 3.69. The number of anilines is 1. The lowest BCUT2D eigenvalue weighted by Crippen LogP contribution is -2.26. The van der Waals surface area contributed by atoms with Gasteiger partial charge in [-0.2, -0.15) is 8.42 Å². The zero-order valence-corrected chi connectivity index (χ0v) is 13.0. The van der Waals surface area contributed by atoms with Crippen molar-refractivity contribution in [2.75, 3.05) is 24.3 Å². The van der Waals surface area contributed by atoms with Crippen LogP contribution in [0.25, 0.3) is 11.3 Å². The van der Waals surface area contributed by atoms with Gasteiger partial charge >= 0.3 is 6.09 Å². The van der Waals surface area contributed by atoms with Gasteiger partial charge in [-0.15, -0.1) is 0 Å². The molecule has 3 rings (SSSR count). The van der Waals surface area contributed by atoms with Crippen molar-refractivity contribution in [2.45, 2.75) is 6.10 Å². The fourth-order valence-electron chi connectivity index (χ4n) is 2.19. The van der Waals surface area contributed by atoms with Gasteiger partial charge in [0.25, 0.3) is 10.1 Å². The Morgan fingerprint density at radius 3 is 2.65 bits per heavy atom. The van der Waals surface area contributed by atoms with Crippen LogP contribution < -0.4 is 4.90 Å². The summed E-state index contributed by atoms with van der Waals surface area (Å²) in [5.74, 6) is 0. The minimum absolute atomic E-state index is 0.196. The SMILES string of the molecule is CS(=O)(=O)OC[C@H]1CN(c2ccc(-c3ccon3)cc2)C(=O)O1. The van der Waals surface area contributed by atoms with E-state index in [9.17, 15) is 13.2 Å². The van der Waals surface area contributed by atoms with Crippen molar-refractivity contribution in [3.63, 3.8) is 0 Å². The summed E-state index contributed by atoms with van der Waals surface area (Å²) < 4.78 is 36.5. The number of rotatable bonds is 5. The van der Waals surface area contributed by atoms with E-state index in [4.69, 9.17) is 9.26 Å². The molecule has 122 valence electrons. The highest BCUT2D eigenvalue weighted by molar-refractivity contribution is 7.85. The molecule has 1 amide bonds. The molecule has 1 fully saturated rings. The van der Waals surface area contributed by atoms with Crippen LogP contribution in [-0.2, 0) is 19.0 Å². The van der Waals surface area contributed by atoms with Gasteiger partial charge in [0, 0.05) is 17.3 Å². The van der Waals surface area contributed by atoms with Gasteiger partial charge in [0.1, 0.15) is 24.7 Å². The summed E-state index contributed by atoms with van der Waals surface area (Å²) in [7, 11) is -3.57. The first kappa shape index (κ1) is 15.5. The highest BCUT2D eigenvalue weighted by Gasteiger charge is 2.33. The number of aromatic nitrogens is 1. The molecule has 0 unspecified atom stereocenters. The van der Waals surface area contributed by atoms with Crippen LogP contribution >= 0.6 is 0 Å². The number of nitrogens with zero attached hydrogens (tertiary/aromatic N) is 2. The van der Waals surface area contributed by atoms with Gasteiger partial charge in [0.15, 0.2) is 0 Å². The van der Waals surface area contributed by atoms with Crippen molar-refractivity contribution in [1.29, 1.82) is 0 Å². The monoisotopic (exact) mass is 338 g/mol. The van der Waals surface area contributed by atoms with E-state index >= 15 is 0 Å².